The summed E-state index contributed by atoms with van der Waals surface area (Å²) in [5.74, 6) is 4.86. The summed E-state index contributed by atoms with van der Waals surface area (Å²) in [4.78, 5) is 23.9. The molecule has 0 spiro atoms. The minimum absolute atomic E-state index is 0.00779. The zero-order valence-electron chi connectivity index (χ0n) is 13.0. The molecule has 0 saturated heterocycles. The Balaban J connectivity index is 1.87. The van der Waals surface area contributed by atoms with Gasteiger partial charge in [0.1, 0.15) is 12.4 Å². The Kier molecular flexibility index (Phi) is 5.89. The predicted octanol–water partition coefficient (Wildman–Crippen LogP) is 1.30. The number of phenols is 1. The van der Waals surface area contributed by atoms with Crippen LogP contribution in [0.15, 0.2) is 54.6 Å². The topological polar surface area (TPSA) is 119 Å². The normalized spacial score (nSPS) is 11.6. The summed E-state index contributed by atoms with van der Waals surface area (Å²) < 4.78 is 4.98. The molecule has 0 bridgehead atoms. The molecule has 0 aliphatic carbocycles. The van der Waals surface area contributed by atoms with Crippen molar-refractivity contribution in [1.29, 1.82) is 0 Å². The summed E-state index contributed by atoms with van der Waals surface area (Å²) in [6, 6.07) is 14.3. The number of hydrazine groups is 1. The molecule has 0 heterocycles. The molecule has 2 rings (SSSR count). The van der Waals surface area contributed by atoms with E-state index in [0.717, 1.165) is 11.1 Å². The number of benzene rings is 2. The molecule has 0 aliphatic rings. The van der Waals surface area contributed by atoms with Gasteiger partial charge in [-0.05, 0) is 29.7 Å². The van der Waals surface area contributed by atoms with Crippen molar-refractivity contribution in [2.24, 2.45) is 11.6 Å². The van der Waals surface area contributed by atoms with E-state index < -0.39 is 18.0 Å². The Morgan fingerprint density at radius 2 is 1.67 bits per heavy atom. The van der Waals surface area contributed by atoms with Crippen LogP contribution in [-0.4, -0.2) is 28.2 Å². The van der Waals surface area contributed by atoms with Crippen molar-refractivity contribution in [2.45, 2.75) is 19.1 Å². The summed E-state index contributed by atoms with van der Waals surface area (Å²) in [5.41, 5.74) is 7.31. The van der Waals surface area contributed by atoms with Gasteiger partial charge in [-0.3, -0.25) is 4.79 Å². The lowest BCUT2D eigenvalue weighted by Crippen LogP contribution is -2.51. The molecule has 2 aromatic carbocycles. The molecule has 0 fully saturated rings. The van der Waals surface area contributed by atoms with Gasteiger partial charge in [0.25, 0.3) is 5.91 Å². The second kappa shape index (κ2) is 8.09. The highest BCUT2D eigenvalue weighted by molar-refractivity contribution is 5.94. The van der Waals surface area contributed by atoms with E-state index in [4.69, 9.17) is 16.3 Å². The van der Waals surface area contributed by atoms with Gasteiger partial charge in [-0.15, -0.1) is 0 Å². The molecule has 0 radical (unpaired) electrons. The van der Waals surface area contributed by atoms with Crippen LogP contribution in [0.1, 0.15) is 11.1 Å². The van der Waals surface area contributed by atoms with Gasteiger partial charge in [0.15, 0.2) is 0 Å². The standard InChI is InChI=1S/C17H19N3O4/c18-15(10-12-6-8-14(21)9-7-12)16(22)20(19)17(23)24-11-13-4-2-1-3-5-13/h1-9,15,21H,10-11,18-19H2/t15-/m1/s1. The van der Waals surface area contributed by atoms with Gasteiger partial charge in [-0.25, -0.2) is 10.6 Å². The molecule has 7 heteroatoms. The smallest absolute Gasteiger partial charge is 0.431 e. The number of phenolic OH excluding ortho intramolecular Hbond substituents is 1. The maximum atomic E-state index is 12.1. The van der Waals surface area contributed by atoms with Crippen molar-refractivity contribution >= 4 is 12.0 Å². The molecule has 5 N–H and O–H groups in total. The number of hydrogen-bond acceptors (Lipinski definition) is 6. The predicted molar refractivity (Wildman–Crippen MR) is 87.4 cm³/mol. The SMILES string of the molecule is N[C@H](Cc1ccc(O)cc1)C(=O)N(N)C(=O)OCc1ccccc1. The Morgan fingerprint density at radius 1 is 1.04 bits per heavy atom. The van der Waals surface area contributed by atoms with Crippen LogP contribution in [0.5, 0.6) is 5.75 Å². The van der Waals surface area contributed by atoms with Crippen LogP contribution in [0.25, 0.3) is 0 Å². The Morgan fingerprint density at radius 3 is 2.29 bits per heavy atom. The van der Waals surface area contributed by atoms with E-state index in [2.05, 4.69) is 0 Å². The highest BCUT2D eigenvalue weighted by Crippen LogP contribution is 2.11. The number of aromatic hydroxyl groups is 1. The summed E-state index contributed by atoms with van der Waals surface area (Å²) in [7, 11) is 0. The van der Waals surface area contributed by atoms with E-state index in [1.807, 2.05) is 18.2 Å². The second-order valence-corrected chi connectivity index (χ2v) is 5.23. The fourth-order valence-electron chi connectivity index (χ4n) is 2.03. The highest BCUT2D eigenvalue weighted by Gasteiger charge is 2.25. The number of amides is 2. The molecular weight excluding hydrogens is 310 g/mol. The summed E-state index contributed by atoms with van der Waals surface area (Å²) in [6.07, 6.45) is -0.788. The van der Waals surface area contributed by atoms with Crippen molar-refractivity contribution < 1.29 is 19.4 Å². The quantitative estimate of drug-likeness (QED) is 0.432. The second-order valence-electron chi connectivity index (χ2n) is 5.23. The van der Waals surface area contributed by atoms with E-state index in [0.29, 0.717) is 5.01 Å². The Hall–Kier alpha value is -2.90. The van der Waals surface area contributed by atoms with Gasteiger partial charge in [0.05, 0.1) is 6.04 Å². The van der Waals surface area contributed by atoms with Gasteiger partial charge in [0, 0.05) is 0 Å². The van der Waals surface area contributed by atoms with E-state index in [9.17, 15) is 14.7 Å². The van der Waals surface area contributed by atoms with Crippen LogP contribution in [0.4, 0.5) is 4.79 Å². The first-order valence-corrected chi connectivity index (χ1v) is 7.30. The molecule has 2 amide bonds. The van der Waals surface area contributed by atoms with Crippen LogP contribution in [0, 0.1) is 0 Å². The minimum atomic E-state index is -0.996. The number of nitrogens with zero attached hydrogens (tertiary/aromatic N) is 1. The zero-order chi connectivity index (χ0) is 17.5. The maximum absolute atomic E-state index is 12.1. The molecule has 0 saturated carbocycles. The number of hydrogen-bond donors (Lipinski definition) is 3. The first kappa shape index (κ1) is 17.5. The zero-order valence-corrected chi connectivity index (χ0v) is 13.0. The fraction of sp³-hybridized carbons (Fsp3) is 0.176. The van der Waals surface area contributed by atoms with Crippen LogP contribution in [0.3, 0.4) is 0 Å². The van der Waals surface area contributed by atoms with Crippen molar-refractivity contribution in [3.05, 3.63) is 65.7 Å². The molecule has 0 aliphatic heterocycles. The fourth-order valence-corrected chi connectivity index (χ4v) is 2.03. The molecule has 0 unspecified atom stereocenters. The maximum Gasteiger partial charge on any atom is 0.431 e. The number of carbonyl (C=O) groups is 2. The molecule has 2 aromatic rings. The van der Waals surface area contributed by atoms with Crippen molar-refractivity contribution in [1.82, 2.24) is 5.01 Å². The van der Waals surface area contributed by atoms with Crippen molar-refractivity contribution in [3.63, 3.8) is 0 Å². The molecule has 0 aromatic heterocycles. The van der Waals surface area contributed by atoms with Crippen LogP contribution in [0.2, 0.25) is 0 Å². The molecular formula is C17H19N3O4. The summed E-state index contributed by atoms with van der Waals surface area (Å²) in [5, 5.41) is 9.61. The summed E-state index contributed by atoms with van der Waals surface area (Å²) >= 11 is 0. The van der Waals surface area contributed by atoms with Gasteiger partial charge >= 0.3 is 6.09 Å². The third kappa shape index (κ3) is 4.80. The summed E-state index contributed by atoms with van der Waals surface area (Å²) in [6.45, 7) is 0.00779. The van der Waals surface area contributed by atoms with E-state index in [1.165, 1.54) is 12.1 Å². The van der Waals surface area contributed by atoms with Crippen molar-refractivity contribution in [2.75, 3.05) is 0 Å². The number of rotatable bonds is 5. The Labute approximate surface area is 139 Å². The van der Waals surface area contributed by atoms with E-state index >= 15 is 0 Å². The monoisotopic (exact) mass is 329 g/mol. The molecule has 126 valence electrons. The largest absolute Gasteiger partial charge is 0.508 e. The van der Waals surface area contributed by atoms with Gasteiger partial charge in [-0.1, -0.05) is 42.5 Å². The van der Waals surface area contributed by atoms with E-state index in [1.54, 1.807) is 24.3 Å². The number of carbonyl (C=O) groups excluding carboxylic acids is 2. The lowest BCUT2D eigenvalue weighted by Gasteiger charge is -2.19. The average Bonchev–Trinajstić information content (AvgIpc) is 2.61. The first-order valence-electron chi connectivity index (χ1n) is 7.30. The molecule has 24 heavy (non-hydrogen) atoms. The van der Waals surface area contributed by atoms with Crippen LogP contribution in [-0.2, 0) is 22.6 Å². The van der Waals surface area contributed by atoms with Gasteiger partial charge in [-0.2, -0.15) is 5.01 Å². The van der Waals surface area contributed by atoms with Crippen LogP contribution >= 0.6 is 0 Å². The molecule has 7 nitrogen and oxygen atoms in total. The van der Waals surface area contributed by atoms with E-state index in [-0.39, 0.29) is 18.8 Å². The van der Waals surface area contributed by atoms with Gasteiger partial charge in [0.2, 0.25) is 0 Å². The number of nitrogens with two attached hydrogens (primary N) is 2. The third-order valence-corrected chi connectivity index (χ3v) is 3.35. The lowest BCUT2D eigenvalue weighted by molar-refractivity contribution is -0.131. The number of imide groups is 1. The third-order valence-electron chi connectivity index (χ3n) is 3.35. The van der Waals surface area contributed by atoms with Crippen molar-refractivity contribution in [3.8, 4) is 5.75 Å². The van der Waals surface area contributed by atoms with Gasteiger partial charge < -0.3 is 15.6 Å². The first-order chi connectivity index (χ1) is 11.5. The average molecular weight is 329 g/mol. The highest BCUT2D eigenvalue weighted by atomic mass is 16.6. The number of ether oxygens (including phenoxy) is 1. The lowest BCUT2D eigenvalue weighted by atomic mass is 10.1. The minimum Gasteiger partial charge on any atom is -0.508 e. The Bertz CT molecular complexity index is 689. The van der Waals surface area contributed by atoms with Crippen LogP contribution < -0.4 is 11.6 Å². The molecule has 1 atom stereocenters.